The summed E-state index contributed by atoms with van der Waals surface area (Å²) < 4.78 is 17.2. The molecular weight excluding hydrogens is 338 g/mol. The summed E-state index contributed by atoms with van der Waals surface area (Å²) in [5.74, 6) is -1.76. The molecule has 0 amide bonds. The van der Waals surface area contributed by atoms with Crippen LogP contribution in [-0.4, -0.2) is 57.1 Å². The van der Waals surface area contributed by atoms with Gasteiger partial charge in [0.15, 0.2) is 5.78 Å². The minimum absolute atomic E-state index is 0.0155. The number of methoxy groups -OCH3 is 2. The van der Waals surface area contributed by atoms with Crippen molar-refractivity contribution in [2.45, 2.75) is 11.8 Å². The fourth-order valence-corrected chi connectivity index (χ4v) is 4.20. The van der Waals surface area contributed by atoms with Gasteiger partial charge in [-0.1, -0.05) is 36.4 Å². The maximum absolute atomic E-state index is 13.4. The van der Waals surface area contributed by atoms with E-state index >= 15 is 0 Å². The van der Waals surface area contributed by atoms with Crippen LogP contribution in [0, 0.1) is 0 Å². The Labute approximate surface area is 152 Å². The van der Waals surface area contributed by atoms with Crippen LogP contribution in [0.5, 0.6) is 0 Å². The largest absolute Gasteiger partial charge is 0.379 e. The summed E-state index contributed by atoms with van der Waals surface area (Å²) in [7, 11) is 3.19. The summed E-state index contributed by atoms with van der Waals surface area (Å²) in [5.41, 5.74) is 0.646. The van der Waals surface area contributed by atoms with Crippen molar-refractivity contribution < 1.29 is 19.0 Å². The molecule has 6 heteroatoms. The number of benzene rings is 1. The Bertz CT molecular complexity index is 664. The van der Waals surface area contributed by atoms with Crippen LogP contribution >= 0.6 is 11.3 Å². The van der Waals surface area contributed by atoms with Gasteiger partial charge in [0.05, 0.1) is 13.2 Å². The lowest BCUT2D eigenvalue weighted by Crippen LogP contribution is -2.60. The lowest BCUT2D eigenvalue weighted by molar-refractivity contribution is -0.310. The van der Waals surface area contributed by atoms with Crippen LogP contribution in [0.2, 0.25) is 0 Å². The molecule has 1 aromatic carbocycles. The topological polar surface area (TPSA) is 48.0 Å². The molecule has 0 aliphatic carbocycles. The van der Waals surface area contributed by atoms with Crippen molar-refractivity contribution >= 4 is 17.1 Å². The molecule has 2 heterocycles. The van der Waals surface area contributed by atoms with Gasteiger partial charge < -0.3 is 14.2 Å². The van der Waals surface area contributed by atoms with Crippen molar-refractivity contribution in [2.24, 2.45) is 0 Å². The van der Waals surface area contributed by atoms with Gasteiger partial charge in [0.1, 0.15) is 5.92 Å². The molecule has 5 nitrogen and oxygen atoms in total. The molecule has 1 saturated heterocycles. The zero-order chi connectivity index (χ0) is 17.7. The van der Waals surface area contributed by atoms with Crippen LogP contribution < -0.4 is 0 Å². The summed E-state index contributed by atoms with van der Waals surface area (Å²) in [6.45, 7) is 2.47. The monoisotopic (exact) mass is 361 g/mol. The molecule has 0 saturated carbocycles. The van der Waals surface area contributed by atoms with Gasteiger partial charge in [0.25, 0.3) is 0 Å². The van der Waals surface area contributed by atoms with Gasteiger partial charge in [-0.15, -0.1) is 11.3 Å². The molecular formula is C19H23NO4S. The molecule has 1 aromatic heterocycles. The number of ether oxygens (including phenoxy) is 3. The predicted octanol–water partition coefficient (Wildman–Crippen LogP) is 2.99. The fourth-order valence-electron chi connectivity index (χ4n) is 3.33. The summed E-state index contributed by atoms with van der Waals surface area (Å²) in [4.78, 5) is 16.4. The second-order valence-corrected chi connectivity index (χ2v) is 6.80. The number of carbonyl (C=O) groups is 1. The molecule has 0 bridgehead atoms. The van der Waals surface area contributed by atoms with Gasteiger partial charge in [-0.25, -0.2) is 4.90 Å². The number of nitrogens with zero attached hydrogens (tertiary/aromatic N) is 1. The van der Waals surface area contributed by atoms with Gasteiger partial charge >= 0.3 is 0 Å². The molecule has 1 aliphatic heterocycles. The summed E-state index contributed by atoms with van der Waals surface area (Å²) in [6, 6.07) is 13.2. The highest BCUT2D eigenvalue weighted by molar-refractivity contribution is 7.10. The lowest BCUT2D eigenvalue weighted by atomic mass is 9.91. The zero-order valence-electron chi connectivity index (χ0n) is 14.5. The van der Waals surface area contributed by atoms with Gasteiger partial charge in [-0.05, 0) is 11.4 Å². The standard InChI is InChI=1S/C19H23NO4S/c1-22-19(23-2,20-10-12-24-13-11-20)17(16-9-6-14-25-16)18(21)15-7-4-3-5-8-15/h3-9,14,17H,10-13H2,1-2H3. The maximum atomic E-state index is 13.4. The molecule has 1 fully saturated rings. The minimum Gasteiger partial charge on any atom is -0.379 e. The predicted molar refractivity (Wildman–Crippen MR) is 97.0 cm³/mol. The van der Waals surface area contributed by atoms with E-state index < -0.39 is 11.8 Å². The average molecular weight is 361 g/mol. The highest BCUT2D eigenvalue weighted by Crippen LogP contribution is 2.40. The Balaban J connectivity index is 2.06. The first-order valence-corrected chi connectivity index (χ1v) is 9.16. The van der Waals surface area contributed by atoms with Crippen LogP contribution in [0.1, 0.15) is 21.2 Å². The summed E-state index contributed by atoms with van der Waals surface area (Å²) in [5, 5.41) is 1.97. The highest BCUT2D eigenvalue weighted by Gasteiger charge is 2.50. The van der Waals surface area contributed by atoms with E-state index in [1.807, 2.05) is 47.8 Å². The van der Waals surface area contributed by atoms with E-state index in [1.165, 1.54) is 11.3 Å². The molecule has 1 atom stereocenters. The van der Waals surface area contributed by atoms with Crippen molar-refractivity contribution in [3.05, 3.63) is 58.3 Å². The van der Waals surface area contributed by atoms with E-state index in [1.54, 1.807) is 14.2 Å². The smallest absolute Gasteiger partial charge is 0.245 e. The van der Waals surface area contributed by atoms with Crippen molar-refractivity contribution in [3.8, 4) is 0 Å². The number of ketones is 1. The van der Waals surface area contributed by atoms with Crippen LogP contribution in [-0.2, 0) is 14.2 Å². The number of hydrogen-bond donors (Lipinski definition) is 0. The van der Waals surface area contributed by atoms with Crippen molar-refractivity contribution in [2.75, 3.05) is 40.5 Å². The van der Waals surface area contributed by atoms with E-state index in [0.717, 1.165) is 4.88 Å². The minimum atomic E-state index is -1.17. The highest BCUT2D eigenvalue weighted by atomic mass is 32.1. The number of thiophene rings is 1. The first-order valence-electron chi connectivity index (χ1n) is 8.28. The number of Topliss-reactive ketones (excluding diaryl/α,β-unsaturated/α-hetero) is 1. The third-order valence-electron chi connectivity index (χ3n) is 4.55. The molecule has 0 spiro atoms. The fraction of sp³-hybridized carbons (Fsp3) is 0.421. The Morgan fingerprint density at radius 3 is 2.36 bits per heavy atom. The Morgan fingerprint density at radius 2 is 1.80 bits per heavy atom. The summed E-state index contributed by atoms with van der Waals surface area (Å²) >= 11 is 1.54. The number of carbonyl (C=O) groups excluding carboxylic acids is 1. The van der Waals surface area contributed by atoms with E-state index in [9.17, 15) is 4.79 Å². The second-order valence-electron chi connectivity index (χ2n) is 5.82. The van der Waals surface area contributed by atoms with Crippen molar-refractivity contribution in [3.63, 3.8) is 0 Å². The normalized spacial score (nSPS) is 17.4. The molecule has 2 aromatic rings. The molecule has 134 valence electrons. The first kappa shape index (κ1) is 18.2. The van der Waals surface area contributed by atoms with E-state index in [4.69, 9.17) is 14.2 Å². The van der Waals surface area contributed by atoms with Crippen molar-refractivity contribution in [1.82, 2.24) is 4.90 Å². The number of rotatable bonds is 7. The quantitative estimate of drug-likeness (QED) is 0.560. The average Bonchev–Trinajstić information content (AvgIpc) is 3.21. The third kappa shape index (κ3) is 3.54. The maximum Gasteiger partial charge on any atom is 0.245 e. The van der Waals surface area contributed by atoms with Crippen LogP contribution in [0.15, 0.2) is 47.8 Å². The molecule has 1 aliphatic rings. The lowest BCUT2D eigenvalue weighted by Gasteiger charge is -2.46. The molecule has 3 rings (SSSR count). The first-order chi connectivity index (χ1) is 12.2. The Morgan fingerprint density at radius 1 is 1.12 bits per heavy atom. The SMILES string of the molecule is COC(OC)(C(C(=O)c1ccccc1)c1cccs1)N1CCOCC1. The second kappa shape index (κ2) is 8.21. The van der Waals surface area contributed by atoms with E-state index in [-0.39, 0.29) is 5.78 Å². The van der Waals surface area contributed by atoms with Gasteiger partial charge in [-0.2, -0.15) is 0 Å². The number of hydrogen-bond acceptors (Lipinski definition) is 6. The third-order valence-corrected chi connectivity index (χ3v) is 5.49. The Hall–Kier alpha value is -1.57. The van der Waals surface area contributed by atoms with Gasteiger partial charge in [0.2, 0.25) is 5.91 Å². The van der Waals surface area contributed by atoms with E-state index in [0.29, 0.717) is 31.9 Å². The summed E-state index contributed by atoms with van der Waals surface area (Å²) in [6.07, 6.45) is 0. The Kier molecular flexibility index (Phi) is 5.98. The van der Waals surface area contributed by atoms with Gasteiger partial charge in [0, 0.05) is 37.7 Å². The van der Waals surface area contributed by atoms with Crippen LogP contribution in [0.25, 0.3) is 0 Å². The zero-order valence-corrected chi connectivity index (χ0v) is 15.3. The number of morpholine rings is 1. The van der Waals surface area contributed by atoms with Crippen LogP contribution in [0.3, 0.4) is 0 Å². The van der Waals surface area contributed by atoms with Gasteiger partial charge in [-0.3, -0.25) is 4.79 Å². The molecule has 1 unspecified atom stereocenters. The molecule has 0 N–H and O–H groups in total. The molecule has 0 radical (unpaired) electrons. The van der Waals surface area contributed by atoms with Crippen LogP contribution in [0.4, 0.5) is 0 Å². The molecule has 25 heavy (non-hydrogen) atoms. The van der Waals surface area contributed by atoms with Crippen molar-refractivity contribution in [1.29, 1.82) is 0 Å². The van der Waals surface area contributed by atoms with E-state index in [2.05, 4.69) is 4.90 Å².